The molecule has 0 bridgehead atoms. The quantitative estimate of drug-likeness (QED) is 0.274. The molecule has 1 saturated heterocycles. The molecule has 1 atom stereocenters. The van der Waals surface area contributed by atoms with Gasteiger partial charge in [0.1, 0.15) is 0 Å². The van der Waals surface area contributed by atoms with E-state index in [0.29, 0.717) is 19.1 Å². The number of hydrogen-bond donors (Lipinski definition) is 2. The van der Waals surface area contributed by atoms with Crippen LogP contribution in [0.3, 0.4) is 0 Å². The number of nitrogens with zero attached hydrogens (tertiary/aromatic N) is 2. The Labute approximate surface area is 208 Å². The average molecular weight is 573 g/mol. The third kappa shape index (κ3) is 7.72. The van der Waals surface area contributed by atoms with Crippen molar-refractivity contribution in [1.82, 2.24) is 14.9 Å². The number of halogens is 1. The highest BCUT2D eigenvalue weighted by molar-refractivity contribution is 14.0. The van der Waals surface area contributed by atoms with Crippen LogP contribution in [0.1, 0.15) is 24.5 Å². The zero-order valence-electron chi connectivity index (χ0n) is 18.7. The van der Waals surface area contributed by atoms with Crippen molar-refractivity contribution in [1.29, 1.82) is 0 Å². The summed E-state index contributed by atoms with van der Waals surface area (Å²) in [5.74, 6) is 1.37. The molecule has 2 aromatic carbocycles. The molecule has 0 aliphatic carbocycles. The Morgan fingerprint density at radius 3 is 2.50 bits per heavy atom. The number of benzene rings is 2. The predicted octanol–water partition coefficient (Wildman–Crippen LogP) is 3.22. The SMILES string of the molecule is CCNC(=NCc1ccc(S(=O)(=O)NC)cc1)N1CCC(COCc2ccccc2)C1.I. The van der Waals surface area contributed by atoms with Crippen LogP contribution in [0.4, 0.5) is 0 Å². The summed E-state index contributed by atoms with van der Waals surface area (Å²) in [5, 5.41) is 3.37. The highest BCUT2D eigenvalue weighted by atomic mass is 127. The Morgan fingerprint density at radius 1 is 1.12 bits per heavy atom. The van der Waals surface area contributed by atoms with Gasteiger partial charge < -0.3 is 15.0 Å². The highest BCUT2D eigenvalue weighted by Gasteiger charge is 2.25. The van der Waals surface area contributed by atoms with Gasteiger partial charge in [-0.2, -0.15) is 0 Å². The maximum Gasteiger partial charge on any atom is 0.240 e. The van der Waals surface area contributed by atoms with Crippen LogP contribution < -0.4 is 10.0 Å². The monoisotopic (exact) mass is 572 g/mol. The molecule has 1 fully saturated rings. The molecule has 32 heavy (non-hydrogen) atoms. The molecule has 1 heterocycles. The first-order chi connectivity index (χ1) is 15.0. The number of hydrogen-bond acceptors (Lipinski definition) is 4. The Balaban J connectivity index is 0.00000363. The molecule has 0 amide bonds. The van der Waals surface area contributed by atoms with Gasteiger partial charge in [0.2, 0.25) is 10.0 Å². The largest absolute Gasteiger partial charge is 0.376 e. The van der Waals surface area contributed by atoms with Gasteiger partial charge in [-0.3, -0.25) is 0 Å². The number of aliphatic imine (C=N–C) groups is 1. The van der Waals surface area contributed by atoms with Crippen molar-refractivity contribution in [3.8, 4) is 0 Å². The smallest absolute Gasteiger partial charge is 0.240 e. The van der Waals surface area contributed by atoms with Crippen LogP contribution in [0.2, 0.25) is 0 Å². The van der Waals surface area contributed by atoms with E-state index in [0.717, 1.165) is 44.2 Å². The van der Waals surface area contributed by atoms with E-state index in [2.05, 4.69) is 34.0 Å². The van der Waals surface area contributed by atoms with Crippen LogP contribution in [0, 0.1) is 5.92 Å². The molecule has 1 aliphatic heterocycles. The van der Waals surface area contributed by atoms with Gasteiger partial charge in [0.15, 0.2) is 5.96 Å². The van der Waals surface area contributed by atoms with Crippen molar-refractivity contribution < 1.29 is 13.2 Å². The van der Waals surface area contributed by atoms with Gasteiger partial charge in [0, 0.05) is 25.6 Å². The van der Waals surface area contributed by atoms with Crippen LogP contribution in [0.5, 0.6) is 0 Å². The number of sulfonamides is 1. The van der Waals surface area contributed by atoms with E-state index in [1.165, 1.54) is 12.6 Å². The minimum atomic E-state index is -3.42. The van der Waals surface area contributed by atoms with Crippen molar-refractivity contribution in [2.24, 2.45) is 10.9 Å². The molecular formula is C23H33IN4O3S. The van der Waals surface area contributed by atoms with Crippen LogP contribution in [0.25, 0.3) is 0 Å². The second kappa shape index (κ2) is 13.1. The summed E-state index contributed by atoms with van der Waals surface area (Å²) in [6, 6.07) is 17.1. The zero-order chi connectivity index (χ0) is 22.1. The minimum Gasteiger partial charge on any atom is -0.376 e. The highest BCUT2D eigenvalue weighted by Crippen LogP contribution is 2.18. The lowest BCUT2D eigenvalue weighted by atomic mass is 10.1. The number of guanidine groups is 1. The van der Waals surface area contributed by atoms with Gasteiger partial charge in [-0.15, -0.1) is 24.0 Å². The fourth-order valence-corrected chi connectivity index (χ4v) is 4.29. The second-order valence-corrected chi connectivity index (χ2v) is 9.51. The van der Waals surface area contributed by atoms with Crippen molar-refractivity contribution >= 4 is 40.0 Å². The van der Waals surface area contributed by atoms with Crippen LogP contribution in [-0.2, 0) is 27.9 Å². The maximum atomic E-state index is 11.9. The van der Waals surface area contributed by atoms with Gasteiger partial charge in [-0.25, -0.2) is 18.1 Å². The Kier molecular flexibility index (Phi) is 10.9. The lowest BCUT2D eigenvalue weighted by Gasteiger charge is -2.21. The lowest BCUT2D eigenvalue weighted by Crippen LogP contribution is -2.40. The fraction of sp³-hybridized carbons (Fsp3) is 0.435. The van der Waals surface area contributed by atoms with Crippen molar-refractivity contribution in [3.05, 3.63) is 65.7 Å². The minimum absolute atomic E-state index is 0. The van der Waals surface area contributed by atoms with E-state index < -0.39 is 10.0 Å². The van der Waals surface area contributed by atoms with Crippen LogP contribution in [-0.4, -0.2) is 52.6 Å². The van der Waals surface area contributed by atoms with Crippen LogP contribution in [0.15, 0.2) is 64.5 Å². The molecule has 1 unspecified atom stereocenters. The first kappa shape index (κ1) is 26.6. The summed E-state index contributed by atoms with van der Waals surface area (Å²) in [7, 11) is -2.01. The Morgan fingerprint density at radius 2 is 1.84 bits per heavy atom. The third-order valence-corrected chi connectivity index (χ3v) is 6.73. The summed E-state index contributed by atoms with van der Waals surface area (Å²) < 4.78 is 32.0. The molecule has 3 rings (SSSR count). The normalized spacial score (nSPS) is 16.6. The lowest BCUT2D eigenvalue weighted by molar-refractivity contribution is 0.0906. The van der Waals surface area contributed by atoms with Gasteiger partial charge in [-0.1, -0.05) is 42.5 Å². The fourth-order valence-electron chi connectivity index (χ4n) is 3.56. The number of ether oxygens (including phenoxy) is 1. The summed E-state index contributed by atoms with van der Waals surface area (Å²) in [5.41, 5.74) is 2.16. The summed E-state index contributed by atoms with van der Waals surface area (Å²) >= 11 is 0. The number of rotatable bonds is 9. The predicted molar refractivity (Wildman–Crippen MR) is 139 cm³/mol. The van der Waals surface area contributed by atoms with E-state index in [-0.39, 0.29) is 28.9 Å². The molecule has 9 heteroatoms. The van der Waals surface area contributed by atoms with E-state index in [9.17, 15) is 8.42 Å². The number of likely N-dealkylation sites (tertiary alicyclic amines) is 1. The maximum absolute atomic E-state index is 11.9. The zero-order valence-corrected chi connectivity index (χ0v) is 21.8. The van der Waals surface area contributed by atoms with E-state index >= 15 is 0 Å². The molecule has 7 nitrogen and oxygen atoms in total. The molecule has 0 aromatic heterocycles. The Hall–Kier alpha value is -1.69. The van der Waals surface area contributed by atoms with Crippen LogP contribution >= 0.6 is 24.0 Å². The molecular weight excluding hydrogens is 539 g/mol. The summed E-state index contributed by atoms with van der Waals surface area (Å²) in [6.07, 6.45) is 1.08. The second-order valence-electron chi connectivity index (χ2n) is 7.62. The first-order valence-electron chi connectivity index (χ1n) is 10.7. The molecule has 2 aromatic rings. The van der Waals surface area contributed by atoms with Gasteiger partial charge in [0.25, 0.3) is 0 Å². The van der Waals surface area contributed by atoms with Gasteiger partial charge >= 0.3 is 0 Å². The summed E-state index contributed by atoms with van der Waals surface area (Å²) in [4.78, 5) is 7.30. The summed E-state index contributed by atoms with van der Waals surface area (Å²) in [6.45, 7) is 6.60. The molecule has 176 valence electrons. The number of nitrogens with one attached hydrogen (secondary N) is 2. The first-order valence-corrected chi connectivity index (χ1v) is 12.2. The van der Waals surface area contributed by atoms with Crippen molar-refractivity contribution in [2.75, 3.05) is 33.3 Å². The molecule has 2 N–H and O–H groups in total. The van der Waals surface area contributed by atoms with E-state index in [1.807, 2.05) is 30.3 Å². The molecule has 0 spiro atoms. The third-order valence-electron chi connectivity index (χ3n) is 5.30. The van der Waals surface area contributed by atoms with E-state index in [1.54, 1.807) is 12.1 Å². The van der Waals surface area contributed by atoms with E-state index in [4.69, 9.17) is 9.73 Å². The van der Waals surface area contributed by atoms with Gasteiger partial charge in [-0.05, 0) is 43.7 Å². The molecule has 1 aliphatic rings. The topological polar surface area (TPSA) is 83.0 Å². The molecule has 0 radical (unpaired) electrons. The van der Waals surface area contributed by atoms with Gasteiger partial charge in [0.05, 0.1) is 24.7 Å². The Bertz CT molecular complexity index is 953. The van der Waals surface area contributed by atoms with Crippen molar-refractivity contribution in [3.63, 3.8) is 0 Å². The van der Waals surface area contributed by atoms with Crippen molar-refractivity contribution in [2.45, 2.75) is 31.4 Å². The average Bonchev–Trinajstić information content (AvgIpc) is 3.26. The standard InChI is InChI=1S/C23H32N4O3S.HI/c1-3-25-23(26-15-19-9-11-22(12-10-19)31(28,29)24-2)27-14-13-21(16-27)18-30-17-20-7-5-4-6-8-20;/h4-12,21,24H,3,13-18H2,1-2H3,(H,25,26);1H. The molecule has 0 saturated carbocycles.